The van der Waals surface area contributed by atoms with E-state index in [1.807, 2.05) is 6.08 Å². The Hall–Kier alpha value is -0.540. The van der Waals surface area contributed by atoms with Gasteiger partial charge in [-0.05, 0) is 25.3 Å². The van der Waals surface area contributed by atoms with Gasteiger partial charge in [-0.3, -0.25) is 0 Å². The first-order valence-corrected chi connectivity index (χ1v) is 4.47. The van der Waals surface area contributed by atoms with Gasteiger partial charge < -0.3 is 14.9 Å². The second kappa shape index (κ2) is 5.17. The van der Waals surface area contributed by atoms with E-state index in [9.17, 15) is 5.11 Å². The summed E-state index contributed by atoms with van der Waals surface area (Å²) in [5, 5.41) is 17.7. The molecule has 0 spiro atoms. The highest BCUT2D eigenvalue weighted by atomic mass is 16.6. The zero-order valence-electron chi connectivity index (χ0n) is 7.20. The molecule has 0 fully saturated rings. The molecule has 1 aliphatic carbocycles. The van der Waals surface area contributed by atoms with Gasteiger partial charge in [-0.25, -0.2) is 0 Å². The van der Waals surface area contributed by atoms with Gasteiger partial charge in [-0.1, -0.05) is 0 Å². The van der Waals surface area contributed by atoms with Crippen molar-refractivity contribution in [2.45, 2.75) is 38.4 Å². The molecule has 0 bridgehead atoms. The van der Waals surface area contributed by atoms with E-state index in [-0.39, 0.29) is 13.0 Å². The predicted molar refractivity (Wildman–Crippen MR) is 45.3 cm³/mol. The lowest BCUT2D eigenvalue weighted by molar-refractivity contribution is -0.0802. The van der Waals surface area contributed by atoms with Crippen molar-refractivity contribution in [1.82, 2.24) is 0 Å². The molecule has 0 amide bonds. The smallest absolute Gasteiger partial charge is 0.199 e. The van der Waals surface area contributed by atoms with Crippen LogP contribution in [0, 0.1) is 0 Å². The highest BCUT2D eigenvalue weighted by molar-refractivity contribution is 4.96. The number of hydrogen-bond acceptors (Lipinski definition) is 3. The van der Waals surface area contributed by atoms with Crippen molar-refractivity contribution >= 4 is 0 Å². The summed E-state index contributed by atoms with van der Waals surface area (Å²) in [4.78, 5) is 0. The summed E-state index contributed by atoms with van der Waals surface area (Å²) in [5.74, 6) is 0.877. The van der Waals surface area contributed by atoms with E-state index in [2.05, 4.69) is 0 Å². The van der Waals surface area contributed by atoms with Crippen LogP contribution >= 0.6 is 0 Å². The number of aliphatic hydroxyl groups excluding tert-OH is 2. The molecule has 0 heterocycles. The number of ether oxygens (including phenoxy) is 1. The molecule has 0 aromatic rings. The molecule has 0 aliphatic heterocycles. The Morgan fingerprint density at radius 3 is 2.92 bits per heavy atom. The van der Waals surface area contributed by atoms with Crippen LogP contribution in [0.1, 0.15) is 32.1 Å². The summed E-state index contributed by atoms with van der Waals surface area (Å²) >= 11 is 0. The average molecular weight is 172 g/mol. The van der Waals surface area contributed by atoms with E-state index in [4.69, 9.17) is 9.84 Å². The topological polar surface area (TPSA) is 49.7 Å². The third-order valence-electron chi connectivity index (χ3n) is 1.91. The van der Waals surface area contributed by atoms with Crippen LogP contribution in [0.5, 0.6) is 0 Å². The number of aliphatic hydroxyl groups is 2. The Morgan fingerprint density at radius 2 is 2.33 bits per heavy atom. The van der Waals surface area contributed by atoms with Crippen LogP contribution < -0.4 is 0 Å². The molecule has 3 heteroatoms. The van der Waals surface area contributed by atoms with Gasteiger partial charge in [0, 0.05) is 19.4 Å². The van der Waals surface area contributed by atoms with Crippen molar-refractivity contribution in [3.05, 3.63) is 11.8 Å². The lowest BCUT2D eigenvalue weighted by Gasteiger charge is -2.17. The molecule has 1 atom stereocenters. The fourth-order valence-electron chi connectivity index (χ4n) is 1.26. The summed E-state index contributed by atoms with van der Waals surface area (Å²) in [6, 6.07) is 0. The molecule has 1 rings (SSSR count). The van der Waals surface area contributed by atoms with E-state index in [1.54, 1.807) is 0 Å². The van der Waals surface area contributed by atoms with E-state index in [0.29, 0.717) is 0 Å². The van der Waals surface area contributed by atoms with Crippen molar-refractivity contribution in [3.8, 4) is 0 Å². The highest BCUT2D eigenvalue weighted by Crippen LogP contribution is 2.19. The molecule has 12 heavy (non-hydrogen) atoms. The summed E-state index contributed by atoms with van der Waals surface area (Å²) in [6.45, 7) is -0.0333. The van der Waals surface area contributed by atoms with Gasteiger partial charge in [0.05, 0.1) is 5.76 Å². The Balaban J connectivity index is 2.24. The number of rotatable bonds is 4. The fourth-order valence-corrected chi connectivity index (χ4v) is 1.26. The van der Waals surface area contributed by atoms with Gasteiger partial charge in [-0.2, -0.15) is 0 Å². The first-order chi connectivity index (χ1) is 5.83. The van der Waals surface area contributed by atoms with Crippen LogP contribution in [0.15, 0.2) is 11.8 Å². The molecule has 3 nitrogen and oxygen atoms in total. The van der Waals surface area contributed by atoms with Gasteiger partial charge in [0.2, 0.25) is 0 Å². The van der Waals surface area contributed by atoms with Gasteiger partial charge in [-0.15, -0.1) is 0 Å². The minimum atomic E-state index is -0.834. The Labute approximate surface area is 72.7 Å². The van der Waals surface area contributed by atoms with Crippen molar-refractivity contribution in [2.75, 3.05) is 6.61 Å². The Morgan fingerprint density at radius 1 is 1.50 bits per heavy atom. The second-order valence-electron chi connectivity index (χ2n) is 3.00. The molecule has 2 N–H and O–H groups in total. The number of allylic oxidation sites excluding steroid dienone is 2. The molecular formula is C9H16O3. The summed E-state index contributed by atoms with van der Waals surface area (Å²) in [7, 11) is 0. The molecule has 1 aliphatic rings. The largest absolute Gasteiger partial charge is 0.470 e. The quantitative estimate of drug-likeness (QED) is 0.626. The number of hydrogen-bond donors (Lipinski definition) is 2. The maximum atomic E-state index is 9.18. The molecule has 0 saturated carbocycles. The lowest BCUT2D eigenvalue weighted by Crippen LogP contribution is -2.14. The fraction of sp³-hybridized carbons (Fsp3) is 0.778. The molecule has 0 radical (unpaired) electrons. The van der Waals surface area contributed by atoms with Crippen molar-refractivity contribution in [1.29, 1.82) is 0 Å². The zero-order valence-corrected chi connectivity index (χ0v) is 7.20. The molecule has 0 aromatic heterocycles. The predicted octanol–water partition coefficient (Wildman–Crippen LogP) is 1.16. The van der Waals surface area contributed by atoms with Crippen LogP contribution in [0.3, 0.4) is 0 Å². The van der Waals surface area contributed by atoms with Crippen LogP contribution in [0.4, 0.5) is 0 Å². The van der Waals surface area contributed by atoms with Crippen molar-refractivity contribution in [2.24, 2.45) is 0 Å². The third kappa shape index (κ3) is 3.24. The molecule has 0 saturated heterocycles. The lowest BCUT2D eigenvalue weighted by atomic mass is 10.1. The summed E-state index contributed by atoms with van der Waals surface area (Å²) in [5.41, 5.74) is 0. The minimum absolute atomic E-state index is 0.0333. The normalized spacial score (nSPS) is 20.0. The molecular weight excluding hydrogens is 156 g/mol. The standard InChI is InChI=1S/C9H16O3/c10-7-6-9(11)12-8-4-2-1-3-5-8/h4,9-11H,1-3,5-7H2. The van der Waals surface area contributed by atoms with Crippen LogP contribution in [0.2, 0.25) is 0 Å². The first kappa shape index (κ1) is 9.55. The maximum absolute atomic E-state index is 9.18. The molecule has 0 aromatic carbocycles. The van der Waals surface area contributed by atoms with Crippen LogP contribution in [-0.4, -0.2) is 23.1 Å². The van der Waals surface area contributed by atoms with Gasteiger partial charge in [0.25, 0.3) is 0 Å². The SMILES string of the molecule is OCCC(O)OC1=CCCCC1. The zero-order chi connectivity index (χ0) is 8.81. The van der Waals surface area contributed by atoms with Crippen LogP contribution in [0.25, 0.3) is 0 Å². The Kier molecular flexibility index (Phi) is 4.11. The van der Waals surface area contributed by atoms with E-state index in [0.717, 1.165) is 25.0 Å². The monoisotopic (exact) mass is 172 g/mol. The van der Waals surface area contributed by atoms with Crippen molar-refractivity contribution < 1.29 is 14.9 Å². The highest BCUT2D eigenvalue weighted by Gasteiger charge is 2.09. The van der Waals surface area contributed by atoms with Crippen molar-refractivity contribution in [3.63, 3.8) is 0 Å². The van der Waals surface area contributed by atoms with Gasteiger partial charge >= 0.3 is 0 Å². The second-order valence-corrected chi connectivity index (χ2v) is 3.00. The van der Waals surface area contributed by atoms with Gasteiger partial charge in [0.15, 0.2) is 6.29 Å². The Bertz CT molecular complexity index is 154. The first-order valence-electron chi connectivity index (χ1n) is 4.47. The molecule has 1 unspecified atom stereocenters. The maximum Gasteiger partial charge on any atom is 0.199 e. The van der Waals surface area contributed by atoms with E-state index >= 15 is 0 Å². The summed E-state index contributed by atoms with van der Waals surface area (Å²) in [6.07, 6.45) is 5.78. The summed E-state index contributed by atoms with van der Waals surface area (Å²) < 4.78 is 5.19. The third-order valence-corrected chi connectivity index (χ3v) is 1.91. The van der Waals surface area contributed by atoms with Crippen LogP contribution in [-0.2, 0) is 4.74 Å². The minimum Gasteiger partial charge on any atom is -0.470 e. The van der Waals surface area contributed by atoms with Gasteiger partial charge in [0.1, 0.15) is 0 Å². The average Bonchev–Trinajstić information content (AvgIpc) is 2.06. The van der Waals surface area contributed by atoms with E-state index in [1.165, 1.54) is 6.42 Å². The molecule has 70 valence electrons. The van der Waals surface area contributed by atoms with E-state index < -0.39 is 6.29 Å².